The Morgan fingerprint density at radius 1 is 1.39 bits per heavy atom. The van der Waals surface area contributed by atoms with Gasteiger partial charge in [0.05, 0.1) is 6.04 Å². The summed E-state index contributed by atoms with van der Waals surface area (Å²) < 4.78 is 1.62. The highest BCUT2D eigenvalue weighted by Gasteiger charge is 2.30. The number of hydrogen-bond donors (Lipinski definition) is 1. The molecule has 0 unspecified atom stereocenters. The van der Waals surface area contributed by atoms with Crippen LogP contribution in [0.15, 0.2) is 12.4 Å². The van der Waals surface area contributed by atoms with Crippen molar-refractivity contribution in [1.29, 1.82) is 0 Å². The number of rotatable bonds is 4. The first-order valence-electron chi connectivity index (χ1n) is 7.24. The first-order chi connectivity index (χ1) is 10.5. The molecule has 1 atom stereocenters. The zero-order valence-electron chi connectivity index (χ0n) is 13.3. The van der Waals surface area contributed by atoms with E-state index < -0.39 is 0 Å². The molecule has 124 valence electrons. The van der Waals surface area contributed by atoms with Crippen molar-refractivity contribution < 1.29 is 4.79 Å². The predicted molar refractivity (Wildman–Crippen MR) is 86.8 cm³/mol. The van der Waals surface area contributed by atoms with Crippen molar-refractivity contribution in [3.05, 3.63) is 29.7 Å². The van der Waals surface area contributed by atoms with E-state index in [4.69, 9.17) is 5.73 Å². The van der Waals surface area contributed by atoms with Crippen LogP contribution in [0.4, 0.5) is 0 Å². The van der Waals surface area contributed by atoms with Crippen LogP contribution in [-0.4, -0.2) is 49.6 Å². The molecule has 0 aliphatic heterocycles. The Kier molecular flexibility index (Phi) is 4.96. The third-order valence-corrected chi connectivity index (χ3v) is 3.49. The van der Waals surface area contributed by atoms with Gasteiger partial charge >= 0.3 is 0 Å². The largest absolute Gasteiger partial charge is 0.343 e. The number of nitrogens with two attached hydrogens (primary N) is 1. The van der Waals surface area contributed by atoms with E-state index in [1.54, 1.807) is 24.8 Å². The topological polar surface area (TPSA) is 103 Å². The van der Waals surface area contributed by atoms with Gasteiger partial charge in [0.1, 0.15) is 12.0 Å². The minimum absolute atomic E-state index is 0. The van der Waals surface area contributed by atoms with E-state index in [9.17, 15) is 4.79 Å². The van der Waals surface area contributed by atoms with Gasteiger partial charge in [-0.3, -0.25) is 4.79 Å². The lowest BCUT2D eigenvalue weighted by molar-refractivity contribution is 0.0821. The average molecular weight is 338 g/mol. The van der Waals surface area contributed by atoms with Crippen LogP contribution in [0, 0.1) is 0 Å². The molecule has 1 aliphatic rings. The molecule has 1 aliphatic carbocycles. The van der Waals surface area contributed by atoms with Gasteiger partial charge < -0.3 is 10.6 Å². The fourth-order valence-electron chi connectivity index (χ4n) is 2.13. The summed E-state index contributed by atoms with van der Waals surface area (Å²) >= 11 is 0. The van der Waals surface area contributed by atoms with Crippen molar-refractivity contribution in [3.63, 3.8) is 0 Å². The van der Waals surface area contributed by atoms with E-state index in [1.807, 2.05) is 6.92 Å². The Bertz CT molecular complexity index is 709. The number of amides is 1. The molecule has 2 N–H and O–H groups in total. The highest BCUT2D eigenvalue weighted by molar-refractivity contribution is 5.92. The predicted octanol–water partition coefficient (Wildman–Crippen LogP) is 1.08. The zero-order valence-corrected chi connectivity index (χ0v) is 14.1. The van der Waals surface area contributed by atoms with Crippen LogP contribution in [0.25, 0.3) is 5.82 Å². The summed E-state index contributed by atoms with van der Waals surface area (Å²) in [5.74, 6) is 2.18. The number of hydrogen-bond acceptors (Lipinski definition) is 6. The van der Waals surface area contributed by atoms with Gasteiger partial charge in [0.15, 0.2) is 17.5 Å². The van der Waals surface area contributed by atoms with E-state index >= 15 is 0 Å². The molecule has 0 bridgehead atoms. The van der Waals surface area contributed by atoms with Crippen LogP contribution < -0.4 is 5.73 Å². The minimum atomic E-state index is -0.275. The van der Waals surface area contributed by atoms with Gasteiger partial charge in [0.25, 0.3) is 5.91 Å². The quantitative estimate of drug-likeness (QED) is 0.895. The average Bonchev–Trinajstić information content (AvgIpc) is 3.24. The maximum absolute atomic E-state index is 12.0. The molecule has 23 heavy (non-hydrogen) atoms. The molecule has 2 heterocycles. The molecule has 3 rings (SSSR count). The van der Waals surface area contributed by atoms with Gasteiger partial charge in [-0.15, -0.1) is 17.5 Å². The monoisotopic (exact) mass is 337 g/mol. The molecule has 0 aromatic carbocycles. The fourth-order valence-corrected chi connectivity index (χ4v) is 2.13. The Morgan fingerprint density at radius 3 is 2.65 bits per heavy atom. The standard InChI is InChI=1S/C14H19N7O.ClH/c1-8(15)13-18-12(9-4-5-9)19-21(13)11-6-10(16-7-17-11)14(22)20(2)3;/h6-9H,4-5,15H2,1-3H3;1H/t8-;/m0./s1. The summed E-state index contributed by atoms with van der Waals surface area (Å²) in [6.07, 6.45) is 3.57. The van der Waals surface area contributed by atoms with Crippen LogP contribution in [0.1, 0.15) is 53.9 Å². The first-order valence-corrected chi connectivity index (χ1v) is 7.24. The third kappa shape index (κ3) is 3.48. The van der Waals surface area contributed by atoms with Crippen molar-refractivity contribution >= 4 is 18.3 Å². The molecule has 8 nitrogen and oxygen atoms in total. The van der Waals surface area contributed by atoms with Crippen LogP contribution in [0.3, 0.4) is 0 Å². The van der Waals surface area contributed by atoms with E-state index in [0.717, 1.165) is 18.7 Å². The number of carbonyl (C=O) groups excluding carboxylic acids is 1. The van der Waals surface area contributed by atoms with Crippen LogP contribution in [0.2, 0.25) is 0 Å². The van der Waals surface area contributed by atoms with Crippen molar-refractivity contribution in [3.8, 4) is 5.82 Å². The van der Waals surface area contributed by atoms with Crippen molar-refractivity contribution in [2.75, 3.05) is 14.1 Å². The number of carbonyl (C=O) groups is 1. The molecule has 1 saturated carbocycles. The van der Waals surface area contributed by atoms with Crippen LogP contribution in [0.5, 0.6) is 0 Å². The molecule has 0 radical (unpaired) electrons. The molecule has 2 aromatic rings. The van der Waals surface area contributed by atoms with E-state index in [1.165, 1.54) is 11.2 Å². The third-order valence-electron chi connectivity index (χ3n) is 3.49. The van der Waals surface area contributed by atoms with E-state index in [-0.39, 0.29) is 24.4 Å². The molecule has 0 spiro atoms. The van der Waals surface area contributed by atoms with Gasteiger partial charge in [0.2, 0.25) is 0 Å². The highest BCUT2D eigenvalue weighted by Crippen LogP contribution is 2.38. The van der Waals surface area contributed by atoms with Gasteiger partial charge in [0, 0.05) is 26.1 Å². The summed E-state index contributed by atoms with van der Waals surface area (Å²) in [6, 6.07) is 1.34. The molecular weight excluding hydrogens is 318 g/mol. The summed E-state index contributed by atoms with van der Waals surface area (Å²) in [4.78, 5) is 26.3. The summed E-state index contributed by atoms with van der Waals surface area (Å²) in [5, 5.41) is 4.52. The Hall–Kier alpha value is -2.06. The number of halogens is 1. The Morgan fingerprint density at radius 2 is 2.09 bits per heavy atom. The molecule has 0 saturated heterocycles. The SMILES string of the molecule is C[C@H](N)c1nc(C2CC2)nn1-c1cc(C(=O)N(C)C)ncn1.Cl. The summed E-state index contributed by atoms with van der Waals surface area (Å²) in [5.41, 5.74) is 6.30. The summed E-state index contributed by atoms with van der Waals surface area (Å²) in [7, 11) is 3.36. The maximum Gasteiger partial charge on any atom is 0.272 e. The van der Waals surface area contributed by atoms with Crippen molar-refractivity contribution in [2.45, 2.75) is 31.7 Å². The second kappa shape index (κ2) is 6.59. The highest BCUT2D eigenvalue weighted by atomic mass is 35.5. The normalized spacial score (nSPS) is 15.0. The lowest BCUT2D eigenvalue weighted by atomic mass is 10.3. The van der Waals surface area contributed by atoms with E-state index in [0.29, 0.717) is 23.3 Å². The van der Waals surface area contributed by atoms with Gasteiger partial charge in [-0.1, -0.05) is 0 Å². The molecule has 1 fully saturated rings. The van der Waals surface area contributed by atoms with Crippen LogP contribution in [-0.2, 0) is 0 Å². The van der Waals surface area contributed by atoms with Gasteiger partial charge in [-0.25, -0.2) is 15.0 Å². The molecule has 1 amide bonds. The second-order valence-electron chi connectivity index (χ2n) is 5.76. The smallest absolute Gasteiger partial charge is 0.272 e. The minimum Gasteiger partial charge on any atom is -0.343 e. The summed E-state index contributed by atoms with van der Waals surface area (Å²) in [6.45, 7) is 1.85. The van der Waals surface area contributed by atoms with Crippen LogP contribution >= 0.6 is 12.4 Å². The zero-order chi connectivity index (χ0) is 15.9. The maximum atomic E-state index is 12.0. The van der Waals surface area contributed by atoms with Gasteiger partial charge in [-0.2, -0.15) is 4.68 Å². The van der Waals surface area contributed by atoms with Crippen molar-refractivity contribution in [1.82, 2.24) is 29.6 Å². The molecule has 2 aromatic heterocycles. The molecule has 9 heteroatoms. The van der Waals surface area contributed by atoms with E-state index in [2.05, 4.69) is 20.1 Å². The Balaban J connectivity index is 0.00000192. The lowest BCUT2D eigenvalue weighted by Crippen LogP contribution is -2.23. The number of aromatic nitrogens is 5. The Labute approximate surface area is 140 Å². The number of nitrogens with zero attached hydrogens (tertiary/aromatic N) is 6. The van der Waals surface area contributed by atoms with Gasteiger partial charge in [-0.05, 0) is 19.8 Å². The first kappa shape index (κ1) is 17.3. The fraction of sp³-hybridized carbons (Fsp3) is 0.500. The van der Waals surface area contributed by atoms with Crippen molar-refractivity contribution in [2.24, 2.45) is 5.73 Å². The lowest BCUT2D eigenvalue weighted by Gasteiger charge is -2.11. The second-order valence-corrected chi connectivity index (χ2v) is 5.76. The molecular formula is C14H20ClN7O.